The van der Waals surface area contributed by atoms with E-state index >= 15 is 0 Å². The number of amides is 1. The van der Waals surface area contributed by atoms with Crippen LogP contribution in [0.1, 0.15) is 15.9 Å². The molecule has 0 aromatic heterocycles. The predicted molar refractivity (Wildman–Crippen MR) is 123 cm³/mol. The summed E-state index contributed by atoms with van der Waals surface area (Å²) in [5.74, 6) is 0.422. The van der Waals surface area contributed by atoms with Crippen molar-refractivity contribution >= 4 is 51.9 Å². The quantitative estimate of drug-likeness (QED) is 0.456. The molecule has 3 N–H and O–H groups in total. The number of carbonyl (C=O) groups is 1. The van der Waals surface area contributed by atoms with E-state index in [0.29, 0.717) is 27.1 Å². The monoisotopic (exact) mass is 425 g/mol. The van der Waals surface area contributed by atoms with Gasteiger partial charge in [0.05, 0.1) is 7.11 Å². The van der Waals surface area contributed by atoms with Crippen LogP contribution in [0.15, 0.2) is 66.7 Å². The summed E-state index contributed by atoms with van der Waals surface area (Å²) in [7, 11) is 1.56. The molecule has 0 unspecified atom stereocenters. The van der Waals surface area contributed by atoms with Gasteiger partial charge in [0.2, 0.25) is 0 Å². The van der Waals surface area contributed by atoms with Crippen molar-refractivity contribution in [3.63, 3.8) is 0 Å². The summed E-state index contributed by atoms with van der Waals surface area (Å²) in [5, 5.41) is 10.2. The fourth-order valence-electron chi connectivity index (χ4n) is 2.57. The smallest absolute Gasteiger partial charge is 0.255 e. The first-order valence-electron chi connectivity index (χ1n) is 8.84. The van der Waals surface area contributed by atoms with Crippen LogP contribution in [0.3, 0.4) is 0 Å². The van der Waals surface area contributed by atoms with Crippen LogP contribution in [-0.2, 0) is 0 Å². The summed E-state index contributed by atoms with van der Waals surface area (Å²) >= 11 is 11.5. The Morgan fingerprint density at radius 1 is 0.897 bits per heavy atom. The molecule has 148 valence electrons. The Kier molecular flexibility index (Phi) is 6.69. The Balaban J connectivity index is 1.58. The standard InChI is InChI=1S/C22H20ClN3O2S/c1-14-6-7-18(13-20(14)23)26-22(29)25-17-10-8-16(9-11-17)24-21(27)15-4-3-5-19(12-15)28-2/h3-13H,1-2H3,(H,24,27)(H2,25,26,29). The molecule has 0 saturated heterocycles. The lowest BCUT2D eigenvalue weighted by atomic mass is 10.2. The van der Waals surface area contributed by atoms with Crippen molar-refractivity contribution in [2.75, 3.05) is 23.1 Å². The van der Waals surface area contributed by atoms with E-state index in [0.717, 1.165) is 16.9 Å². The van der Waals surface area contributed by atoms with Gasteiger partial charge in [-0.1, -0.05) is 23.7 Å². The highest BCUT2D eigenvalue weighted by molar-refractivity contribution is 7.80. The lowest BCUT2D eigenvalue weighted by Gasteiger charge is -2.12. The molecule has 3 aromatic rings. The zero-order valence-electron chi connectivity index (χ0n) is 16.0. The maximum atomic E-state index is 12.4. The largest absolute Gasteiger partial charge is 0.497 e. The van der Waals surface area contributed by atoms with Crippen molar-refractivity contribution < 1.29 is 9.53 Å². The molecule has 0 fully saturated rings. The van der Waals surface area contributed by atoms with Gasteiger partial charge in [-0.15, -0.1) is 0 Å². The van der Waals surface area contributed by atoms with E-state index in [2.05, 4.69) is 16.0 Å². The first kappa shape index (κ1) is 20.6. The van der Waals surface area contributed by atoms with E-state index in [1.807, 2.05) is 37.3 Å². The second kappa shape index (κ2) is 9.41. The predicted octanol–water partition coefficient (Wildman–Crippen LogP) is 5.72. The molecule has 7 heteroatoms. The summed E-state index contributed by atoms with van der Waals surface area (Å²) in [6.07, 6.45) is 0. The molecule has 0 aliphatic rings. The van der Waals surface area contributed by atoms with Gasteiger partial charge in [0.1, 0.15) is 5.75 Å². The molecule has 0 bridgehead atoms. The molecule has 0 aliphatic heterocycles. The van der Waals surface area contributed by atoms with E-state index in [1.165, 1.54) is 0 Å². The summed E-state index contributed by atoms with van der Waals surface area (Å²) < 4.78 is 5.15. The first-order chi connectivity index (χ1) is 13.9. The number of halogens is 1. The Morgan fingerprint density at radius 3 is 2.17 bits per heavy atom. The number of benzene rings is 3. The number of aryl methyl sites for hydroxylation is 1. The van der Waals surface area contributed by atoms with Gasteiger partial charge in [0.15, 0.2) is 5.11 Å². The summed E-state index contributed by atoms with van der Waals surface area (Å²) in [6.45, 7) is 1.94. The number of nitrogens with one attached hydrogen (secondary N) is 3. The highest BCUT2D eigenvalue weighted by Crippen LogP contribution is 2.21. The van der Waals surface area contributed by atoms with Gasteiger partial charge in [0, 0.05) is 27.6 Å². The van der Waals surface area contributed by atoms with Crippen LogP contribution in [0.5, 0.6) is 5.75 Å². The minimum Gasteiger partial charge on any atom is -0.497 e. The molecular formula is C22H20ClN3O2S. The Hall–Kier alpha value is -3.09. The second-order valence-electron chi connectivity index (χ2n) is 6.31. The number of methoxy groups -OCH3 is 1. The Labute approximate surface area is 180 Å². The average Bonchev–Trinajstić information content (AvgIpc) is 2.72. The van der Waals surface area contributed by atoms with Crippen LogP contribution in [0.4, 0.5) is 17.1 Å². The van der Waals surface area contributed by atoms with Crippen molar-refractivity contribution in [1.82, 2.24) is 0 Å². The van der Waals surface area contributed by atoms with E-state index in [-0.39, 0.29) is 5.91 Å². The Morgan fingerprint density at radius 2 is 1.52 bits per heavy atom. The zero-order chi connectivity index (χ0) is 20.8. The topological polar surface area (TPSA) is 62.4 Å². The number of hydrogen-bond acceptors (Lipinski definition) is 3. The molecule has 0 radical (unpaired) electrons. The van der Waals surface area contributed by atoms with Crippen LogP contribution >= 0.6 is 23.8 Å². The summed E-state index contributed by atoms with van der Waals surface area (Å²) in [6, 6.07) is 19.9. The molecule has 29 heavy (non-hydrogen) atoms. The molecular weight excluding hydrogens is 406 g/mol. The van der Waals surface area contributed by atoms with Gasteiger partial charge in [-0.3, -0.25) is 4.79 Å². The fourth-order valence-corrected chi connectivity index (χ4v) is 2.98. The minimum absolute atomic E-state index is 0.210. The Bertz CT molecular complexity index is 1040. The van der Waals surface area contributed by atoms with Crippen LogP contribution < -0.4 is 20.7 Å². The normalized spacial score (nSPS) is 10.2. The summed E-state index contributed by atoms with van der Waals surface area (Å²) in [5.41, 5.74) is 3.80. The third kappa shape index (κ3) is 5.70. The lowest BCUT2D eigenvalue weighted by molar-refractivity contribution is 0.102. The lowest BCUT2D eigenvalue weighted by Crippen LogP contribution is -2.19. The van der Waals surface area contributed by atoms with E-state index in [9.17, 15) is 4.79 Å². The van der Waals surface area contributed by atoms with Gasteiger partial charge in [-0.2, -0.15) is 0 Å². The molecule has 0 heterocycles. The van der Waals surface area contributed by atoms with E-state index in [4.69, 9.17) is 28.6 Å². The number of rotatable bonds is 5. The molecule has 1 amide bonds. The number of ether oxygens (including phenoxy) is 1. The van der Waals surface area contributed by atoms with Gasteiger partial charge in [-0.05, 0) is 79.3 Å². The zero-order valence-corrected chi connectivity index (χ0v) is 17.5. The number of hydrogen-bond donors (Lipinski definition) is 3. The molecule has 0 saturated carbocycles. The van der Waals surface area contributed by atoms with Gasteiger partial charge < -0.3 is 20.7 Å². The summed E-state index contributed by atoms with van der Waals surface area (Å²) in [4.78, 5) is 12.4. The van der Waals surface area contributed by atoms with Crippen LogP contribution in [0, 0.1) is 6.92 Å². The van der Waals surface area contributed by atoms with Crippen molar-refractivity contribution in [2.45, 2.75) is 6.92 Å². The number of carbonyl (C=O) groups excluding carboxylic acids is 1. The van der Waals surface area contributed by atoms with Crippen LogP contribution in [0.2, 0.25) is 5.02 Å². The van der Waals surface area contributed by atoms with E-state index < -0.39 is 0 Å². The molecule has 0 spiro atoms. The highest BCUT2D eigenvalue weighted by Gasteiger charge is 2.07. The first-order valence-corrected chi connectivity index (χ1v) is 9.63. The van der Waals surface area contributed by atoms with Crippen molar-refractivity contribution in [3.05, 3.63) is 82.9 Å². The molecule has 3 aromatic carbocycles. The highest BCUT2D eigenvalue weighted by atomic mass is 35.5. The van der Waals surface area contributed by atoms with Crippen molar-refractivity contribution in [1.29, 1.82) is 0 Å². The van der Waals surface area contributed by atoms with Crippen molar-refractivity contribution in [2.24, 2.45) is 0 Å². The third-order valence-electron chi connectivity index (χ3n) is 4.16. The van der Waals surface area contributed by atoms with Gasteiger partial charge in [0.25, 0.3) is 5.91 Å². The van der Waals surface area contributed by atoms with Gasteiger partial charge >= 0.3 is 0 Å². The maximum absolute atomic E-state index is 12.4. The SMILES string of the molecule is COc1cccc(C(=O)Nc2ccc(NC(=S)Nc3ccc(C)c(Cl)c3)cc2)c1. The fraction of sp³-hybridized carbons (Fsp3) is 0.0909. The van der Waals surface area contributed by atoms with Crippen LogP contribution in [0.25, 0.3) is 0 Å². The molecule has 3 rings (SSSR count). The second-order valence-corrected chi connectivity index (χ2v) is 7.12. The van der Waals surface area contributed by atoms with E-state index in [1.54, 1.807) is 43.5 Å². The molecule has 0 aliphatic carbocycles. The van der Waals surface area contributed by atoms with Crippen LogP contribution in [-0.4, -0.2) is 18.1 Å². The molecule has 0 atom stereocenters. The maximum Gasteiger partial charge on any atom is 0.255 e. The average molecular weight is 426 g/mol. The third-order valence-corrected chi connectivity index (χ3v) is 4.77. The van der Waals surface area contributed by atoms with Crippen molar-refractivity contribution in [3.8, 4) is 5.75 Å². The minimum atomic E-state index is -0.210. The van der Waals surface area contributed by atoms with Gasteiger partial charge in [-0.25, -0.2) is 0 Å². The number of anilines is 3. The number of thiocarbonyl (C=S) groups is 1. The molecule has 5 nitrogen and oxygen atoms in total.